The second-order valence-corrected chi connectivity index (χ2v) is 7.21. The Labute approximate surface area is 124 Å². The molecule has 1 saturated carbocycles. The van der Waals surface area contributed by atoms with E-state index in [0.717, 1.165) is 12.8 Å². The first-order valence-corrected chi connectivity index (χ1v) is 8.26. The Kier molecular flexibility index (Phi) is 4.43. The van der Waals surface area contributed by atoms with Gasteiger partial charge in [-0.15, -0.1) is 0 Å². The lowest BCUT2D eigenvalue weighted by Crippen LogP contribution is -2.35. The van der Waals surface area contributed by atoms with Gasteiger partial charge in [0.2, 0.25) is 10.0 Å². The van der Waals surface area contributed by atoms with Gasteiger partial charge >= 0.3 is 0 Å². The molecule has 7 heteroatoms. The fourth-order valence-electron chi connectivity index (χ4n) is 2.18. The van der Waals surface area contributed by atoms with Crippen LogP contribution in [0.5, 0.6) is 0 Å². The van der Waals surface area contributed by atoms with E-state index >= 15 is 0 Å². The Bertz CT molecular complexity index is 625. The third-order valence-electron chi connectivity index (χ3n) is 3.32. The summed E-state index contributed by atoms with van der Waals surface area (Å²) in [5.74, 6) is 0. The average Bonchev–Trinajstić information content (AvgIpc) is 3.19. The summed E-state index contributed by atoms with van der Waals surface area (Å²) >= 11 is 4.89. The third-order valence-corrected chi connectivity index (χ3v) is 5.67. The van der Waals surface area contributed by atoms with Crippen molar-refractivity contribution >= 4 is 27.2 Å². The SMILES string of the molecule is Cc1cc(C(N)=S)ccc1S(=O)(=O)N(CCO)C1CC1. The van der Waals surface area contributed by atoms with E-state index in [2.05, 4.69) is 0 Å². The highest BCUT2D eigenvalue weighted by molar-refractivity contribution is 7.89. The molecule has 2 rings (SSSR count). The van der Waals surface area contributed by atoms with Crippen molar-refractivity contribution in [1.29, 1.82) is 0 Å². The zero-order chi connectivity index (χ0) is 14.9. The number of benzene rings is 1. The van der Waals surface area contributed by atoms with Crippen LogP contribution < -0.4 is 5.73 Å². The second kappa shape index (κ2) is 5.77. The van der Waals surface area contributed by atoms with Crippen LogP contribution in [-0.2, 0) is 10.0 Å². The van der Waals surface area contributed by atoms with Crippen LogP contribution >= 0.6 is 12.2 Å². The molecule has 0 aromatic heterocycles. The lowest BCUT2D eigenvalue weighted by atomic mass is 10.1. The van der Waals surface area contributed by atoms with Crippen molar-refractivity contribution in [2.45, 2.75) is 30.7 Å². The quantitative estimate of drug-likeness (QED) is 0.758. The molecule has 0 atom stereocenters. The van der Waals surface area contributed by atoms with Crippen molar-refractivity contribution in [3.63, 3.8) is 0 Å². The highest BCUT2D eigenvalue weighted by Crippen LogP contribution is 2.32. The summed E-state index contributed by atoms with van der Waals surface area (Å²) in [6.45, 7) is 1.67. The van der Waals surface area contributed by atoms with Gasteiger partial charge in [-0.3, -0.25) is 0 Å². The number of rotatable bonds is 6. The summed E-state index contributed by atoms with van der Waals surface area (Å²) in [5.41, 5.74) is 6.81. The molecule has 0 spiro atoms. The third kappa shape index (κ3) is 3.01. The molecular weight excluding hydrogens is 296 g/mol. The number of hydrogen-bond donors (Lipinski definition) is 2. The molecular formula is C13H18N2O3S2. The fourth-order valence-corrected chi connectivity index (χ4v) is 4.19. The summed E-state index contributed by atoms with van der Waals surface area (Å²) in [6.07, 6.45) is 1.70. The van der Waals surface area contributed by atoms with Gasteiger partial charge in [0, 0.05) is 18.2 Å². The molecule has 1 aromatic carbocycles. The molecule has 3 N–H and O–H groups in total. The van der Waals surface area contributed by atoms with Crippen LogP contribution in [0.15, 0.2) is 23.1 Å². The Hall–Kier alpha value is -1.02. The molecule has 5 nitrogen and oxygen atoms in total. The van der Waals surface area contributed by atoms with Crippen LogP contribution in [0.2, 0.25) is 0 Å². The molecule has 0 aliphatic heterocycles. The van der Waals surface area contributed by atoms with Gasteiger partial charge in [0.15, 0.2) is 0 Å². The smallest absolute Gasteiger partial charge is 0.243 e. The first kappa shape index (κ1) is 15.4. The molecule has 0 radical (unpaired) electrons. The molecule has 0 unspecified atom stereocenters. The first-order valence-electron chi connectivity index (χ1n) is 6.41. The molecule has 1 aliphatic carbocycles. The van der Waals surface area contributed by atoms with Crippen LogP contribution in [0, 0.1) is 6.92 Å². The summed E-state index contributed by atoms with van der Waals surface area (Å²) in [6, 6.07) is 4.85. The number of hydrogen-bond acceptors (Lipinski definition) is 4. The zero-order valence-corrected chi connectivity index (χ0v) is 12.9. The number of sulfonamides is 1. The van der Waals surface area contributed by atoms with Crippen LogP contribution in [-0.4, -0.2) is 42.0 Å². The highest BCUT2D eigenvalue weighted by Gasteiger charge is 2.38. The van der Waals surface area contributed by atoms with Gasteiger partial charge < -0.3 is 10.8 Å². The molecule has 20 heavy (non-hydrogen) atoms. The molecule has 0 amide bonds. The van der Waals surface area contributed by atoms with Crippen LogP contribution in [0.25, 0.3) is 0 Å². The lowest BCUT2D eigenvalue weighted by molar-refractivity contribution is 0.250. The standard InChI is InChI=1S/C13H18N2O3S2/c1-9-8-10(13(14)19)2-5-12(9)20(17,18)15(6-7-16)11-3-4-11/h2,5,8,11,16H,3-4,6-7H2,1H3,(H2,14,19). The Morgan fingerprint density at radius 3 is 2.60 bits per heavy atom. The minimum Gasteiger partial charge on any atom is -0.395 e. The number of aryl methyl sites for hydroxylation is 1. The molecule has 0 bridgehead atoms. The van der Waals surface area contributed by atoms with E-state index in [0.29, 0.717) is 11.1 Å². The maximum absolute atomic E-state index is 12.7. The predicted molar refractivity (Wildman–Crippen MR) is 81.1 cm³/mol. The van der Waals surface area contributed by atoms with Crippen LogP contribution in [0.3, 0.4) is 0 Å². The Morgan fingerprint density at radius 2 is 2.15 bits per heavy atom. The molecule has 1 fully saturated rings. The van der Waals surface area contributed by atoms with Gasteiger partial charge in [-0.1, -0.05) is 18.3 Å². The summed E-state index contributed by atoms with van der Waals surface area (Å²) in [4.78, 5) is 0.490. The number of nitrogens with two attached hydrogens (primary N) is 1. The minimum atomic E-state index is -3.58. The second-order valence-electron chi connectivity index (χ2n) is 4.92. The number of thiocarbonyl (C=S) groups is 1. The number of nitrogens with zero attached hydrogens (tertiary/aromatic N) is 1. The first-order chi connectivity index (χ1) is 9.37. The topological polar surface area (TPSA) is 83.6 Å². The fraction of sp³-hybridized carbons (Fsp3) is 0.462. The van der Waals surface area contributed by atoms with E-state index in [4.69, 9.17) is 23.1 Å². The van der Waals surface area contributed by atoms with Gasteiger partial charge in [0.25, 0.3) is 0 Å². The number of aliphatic hydroxyl groups excluding tert-OH is 1. The Morgan fingerprint density at radius 1 is 1.50 bits per heavy atom. The summed E-state index contributed by atoms with van der Waals surface area (Å²) in [5, 5.41) is 9.07. The molecule has 0 heterocycles. The van der Waals surface area contributed by atoms with E-state index < -0.39 is 10.0 Å². The molecule has 1 aliphatic rings. The van der Waals surface area contributed by atoms with Crippen molar-refractivity contribution < 1.29 is 13.5 Å². The highest BCUT2D eigenvalue weighted by atomic mass is 32.2. The van der Waals surface area contributed by atoms with E-state index in [9.17, 15) is 8.42 Å². The predicted octanol–water partition coefficient (Wildman–Crippen LogP) is 0.775. The number of aliphatic hydroxyl groups is 1. The van der Waals surface area contributed by atoms with Gasteiger partial charge in [-0.25, -0.2) is 8.42 Å². The van der Waals surface area contributed by atoms with Gasteiger partial charge in [-0.05, 0) is 37.5 Å². The minimum absolute atomic E-state index is 0.0156. The van der Waals surface area contributed by atoms with Crippen LogP contribution in [0.4, 0.5) is 0 Å². The normalized spacial score (nSPS) is 15.6. The molecule has 110 valence electrons. The van der Waals surface area contributed by atoms with Crippen molar-refractivity contribution in [3.05, 3.63) is 29.3 Å². The Balaban J connectivity index is 2.40. The van der Waals surface area contributed by atoms with Crippen molar-refractivity contribution in [2.24, 2.45) is 5.73 Å². The van der Waals surface area contributed by atoms with E-state index in [1.54, 1.807) is 19.1 Å². The van der Waals surface area contributed by atoms with E-state index in [-0.39, 0.29) is 29.1 Å². The van der Waals surface area contributed by atoms with E-state index in [1.807, 2.05) is 0 Å². The zero-order valence-electron chi connectivity index (χ0n) is 11.2. The maximum Gasteiger partial charge on any atom is 0.243 e. The summed E-state index contributed by atoms with van der Waals surface area (Å²) < 4.78 is 26.7. The molecule has 0 saturated heterocycles. The van der Waals surface area contributed by atoms with Gasteiger partial charge in [0.1, 0.15) is 4.99 Å². The van der Waals surface area contributed by atoms with Crippen molar-refractivity contribution in [2.75, 3.05) is 13.2 Å². The van der Waals surface area contributed by atoms with Crippen molar-refractivity contribution in [3.8, 4) is 0 Å². The maximum atomic E-state index is 12.7. The largest absolute Gasteiger partial charge is 0.395 e. The summed E-state index contributed by atoms with van der Waals surface area (Å²) in [7, 11) is -3.58. The molecule has 1 aromatic rings. The van der Waals surface area contributed by atoms with Gasteiger partial charge in [-0.2, -0.15) is 4.31 Å². The van der Waals surface area contributed by atoms with Gasteiger partial charge in [0.05, 0.1) is 11.5 Å². The average molecular weight is 314 g/mol. The van der Waals surface area contributed by atoms with Crippen molar-refractivity contribution in [1.82, 2.24) is 4.31 Å². The van der Waals surface area contributed by atoms with E-state index in [1.165, 1.54) is 10.4 Å². The monoisotopic (exact) mass is 314 g/mol. The lowest BCUT2D eigenvalue weighted by Gasteiger charge is -2.22. The van der Waals surface area contributed by atoms with Crippen LogP contribution in [0.1, 0.15) is 24.0 Å².